The third kappa shape index (κ3) is 3.05. The number of amides is 2. The van der Waals surface area contributed by atoms with Crippen LogP contribution in [0, 0.1) is 0 Å². The van der Waals surface area contributed by atoms with Crippen LogP contribution in [0.1, 0.15) is 27.3 Å². The van der Waals surface area contributed by atoms with Crippen molar-refractivity contribution in [2.75, 3.05) is 33.0 Å². The molecule has 0 aliphatic carbocycles. The van der Waals surface area contributed by atoms with E-state index in [0.29, 0.717) is 49.0 Å². The Morgan fingerprint density at radius 1 is 0.880 bits per heavy atom. The molecule has 130 valence electrons. The summed E-state index contributed by atoms with van der Waals surface area (Å²) in [6.45, 7) is 2.36. The van der Waals surface area contributed by atoms with Gasteiger partial charge in [-0.05, 0) is 36.8 Å². The second-order valence-corrected chi connectivity index (χ2v) is 5.98. The Morgan fingerprint density at radius 2 is 1.64 bits per heavy atom. The van der Waals surface area contributed by atoms with Gasteiger partial charge in [0.15, 0.2) is 17.3 Å². The Morgan fingerprint density at radius 3 is 2.40 bits per heavy atom. The first kappa shape index (κ1) is 15.6. The van der Waals surface area contributed by atoms with Crippen molar-refractivity contribution in [2.24, 2.45) is 0 Å². The van der Waals surface area contributed by atoms with E-state index in [1.165, 1.54) is 6.26 Å². The lowest BCUT2D eigenvalue weighted by molar-refractivity contribution is 0.0700. The highest BCUT2D eigenvalue weighted by Gasteiger charge is 2.25. The maximum atomic E-state index is 12.8. The van der Waals surface area contributed by atoms with E-state index in [0.717, 1.165) is 6.42 Å². The van der Waals surface area contributed by atoms with Gasteiger partial charge >= 0.3 is 0 Å². The van der Waals surface area contributed by atoms with E-state index in [9.17, 15) is 9.59 Å². The van der Waals surface area contributed by atoms with Crippen LogP contribution in [-0.4, -0.2) is 54.6 Å². The van der Waals surface area contributed by atoms with Gasteiger partial charge in [0, 0.05) is 31.7 Å². The Bertz CT molecular complexity index is 787. The van der Waals surface area contributed by atoms with Gasteiger partial charge in [0.2, 0.25) is 6.79 Å². The van der Waals surface area contributed by atoms with E-state index < -0.39 is 0 Å². The summed E-state index contributed by atoms with van der Waals surface area (Å²) in [6, 6.07) is 8.55. The molecule has 25 heavy (non-hydrogen) atoms. The summed E-state index contributed by atoms with van der Waals surface area (Å²) in [6.07, 6.45) is 2.21. The quantitative estimate of drug-likeness (QED) is 0.835. The van der Waals surface area contributed by atoms with Crippen LogP contribution < -0.4 is 9.47 Å². The number of furan rings is 1. The van der Waals surface area contributed by atoms with Gasteiger partial charge in [0.05, 0.1) is 6.26 Å². The van der Waals surface area contributed by atoms with Crippen LogP contribution in [0.5, 0.6) is 11.5 Å². The maximum absolute atomic E-state index is 12.8. The number of carbonyl (C=O) groups excluding carboxylic acids is 2. The molecule has 3 heterocycles. The largest absolute Gasteiger partial charge is 0.459 e. The van der Waals surface area contributed by atoms with Crippen molar-refractivity contribution >= 4 is 11.8 Å². The molecular weight excluding hydrogens is 324 g/mol. The zero-order valence-corrected chi connectivity index (χ0v) is 13.6. The topological polar surface area (TPSA) is 72.2 Å². The summed E-state index contributed by atoms with van der Waals surface area (Å²) >= 11 is 0. The molecule has 0 atom stereocenters. The second-order valence-electron chi connectivity index (χ2n) is 5.98. The Hall–Kier alpha value is -2.96. The van der Waals surface area contributed by atoms with Crippen molar-refractivity contribution in [2.45, 2.75) is 6.42 Å². The molecule has 0 saturated carbocycles. The number of fused-ring (bicyclic) bond motifs is 1. The van der Waals surface area contributed by atoms with Crippen molar-refractivity contribution in [3.05, 3.63) is 47.9 Å². The Kier molecular flexibility index (Phi) is 4.05. The van der Waals surface area contributed by atoms with Crippen LogP contribution in [0.25, 0.3) is 0 Å². The highest BCUT2D eigenvalue weighted by atomic mass is 16.7. The van der Waals surface area contributed by atoms with Gasteiger partial charge < -0.3 is 23.7 Å². The third-order valence-electron chi connectivity index (χ3n) is 4.42. The van der Waals surface area contributed by atoms with Crippen LogP contribution in [0.3, 0.4) is 0 Å². The van der Waals surface area contributed by atoms with Crippen LogP contribution in [0.15, 0.2) is 41.0 Å². The molecule has 1 aromatic carbocycles. The minimum Gasteiger partial charge on any atom is -0.459 e. The molecule has 2 aliphatic rings. The summed E-state index contributed by atoms with van der Waals surface area (Å²) in [7, 11) is 0. The van der Waals surface area contributed by atoms with Crippen LogP contribution >= 0.6 is 0 Å². The smallest absolute Gasteiger partial charge is 0.289 e. The number of nitrogens with zero attached hydrogens (tertiary/aromatic N) is 2. The van der Waals surface area contributed by atoms with E-state index in [2.05, 4.69) is 0 Å². The number of rotatable bonds is 2. The fourth-order valence-electron chi connectivity index (χ4n) is 3.09. The third-order valence-corrected chi connectivity index (χ3v) is 4.42. The predicted molar refractivity (Wildman–Crippen MR) is 87.7 cm³/mol. The van der Waals surface area contributed by atoms with Gasteiger partial charge in [0.25, 0.3) is 11.8 Å². The van der Waals surface area contributed by atoms with Gasteiger partial charge in [0.1, 0.15) is 0 Å². The molecule has 0 radical (unpaired) electrons. The summed E-state index contributed by atoms with van der Waals surface area (Å²) < 4.78 is 15.8. The molecule has 4 rings (SSSR count). The SMILES string of the molecule is O=C(c1ccc2c(c1)OCO2)N1CCCN(C(=O)c2ccco2)CC1. The molecule has 2 amide bonds. The summed E-state index contributed by atoms with van der Waals surface area (Å²) in [5, 5.41) is 0. The Labute approximate surface area is 144 Å². The van der Waals surface area contributed by atoms with Gasteiger partial charge in [-0.3, -0.25) is 9.59 Å². The fourth-order valence-corrected chi connectivity index (χ4v) is 3.09. The van der Waals surface area contributed by atoms with E-state index in [1.54, 1.807) is 40.1 Å². The minimum absolute atomic E-state index is 0.0643. The molecular formula is C18H18N2O5. The van der Waals surface area contributed by atoms with Gasteiger partial charge in [-0.2, -0.15) is 0 Å². The van der Waals surface area contributed by atoms with Crippen molar-refractivity contribution in [3.63, 3.8) is 0 Å². The van der Waals surface area contributed by atoms with E-state index in [1.807, 2.05) is 0 Å². The summed E-state index contributed by atoms with van der Waals surface area (Å²) in [5.41, 5.74) is 0.565. The van der Waals surface area contributed by atoms with Crippen molar-refractivity contribution in [3.8, 4) is 11.5 Å². The number of benzene rings is 1. The van der Waals surface area contributed by atoms with Gasteiger partial charge in [-0.15, -0.1) is 0 Å². The first-order chi connectivity index (χ1) is 12.2. The lowest BCUT2D eigenvalue weighted by Crippen LogP contribution is -2.37. The average Bonchev–Trinajstić information content (AvgIpc) is 3.27. The fraction of sp³-hybridized carbons (Fsp3) is 0.333. The van der Waals surface area contributed by atoms with Crippen LogP contribution in [0.4, 0.5) is 0 Å². The molecule has 1 aromatic heterocycles. The number of hydrogen-bond acceptors (Lipinski definition) is 5. The zero-order chi connectivity index (χ0) is 17.2. The van der Waals surface area contributed by atoms with E-state index in [4.69, 9.17) is 13.9 Å². The van der Waals surface area contributed by atoms with Crippen molar-refractivity contribution in [1.82, 2.24) is 9.80 Å². The first-order valence-corrected chi connectivity index (χ1v) is 8.24. The molecule has 7 heteroatoms. The highest BCUT2D eigenvalue weighted by Crippen LogP contribution is 2.32. The normalized spacial score (nSPS) is 16.6. The van der Waals surface area contributed by atoms with Gasteiger partial charge in [-0.1, -0.05) is 0 Å². The summed E-state index contributed by atoms with van der Waals surface area (Å²) in [5.74, 6) is 1.38. The van der Waals surface area contributed by atoms with Gasteiger partial charge in [-0.25, -0.2) is 0 Å². The molecule has 0 spiro atoms. The summed E-state index contributed by atoms with van der Waals surface area (Å²) in [4.78, 5) is 28.7. The lowest BCUT2D eigenvalue weighted by atomic mass is 10.1. The molecule has 2 aliphatic heterocycles. The van der Waals surface area contributed by atoms with E-state index >= 15 is 0 Å². The average molecular weight is 342 g/mol. The van der Waals surface area contributed by atoms with Crippen LogP contribution in [0.2, 0.25) is 0 Å². The maximum Gasteiger partial charge on any atom is 0.289 e. The number of hydrogen-bond donors (Lipinski definition) is 0. The lowest BCUT2D eigenvalue weighted by Gasteiger charge is -2.21. The standard InChI is InChI=1S/C18H18N2O5/c21-17(13-4-5-14-16(11-13)25-12-24-14)19-6-2-7-20(9-8-19)18(22)15-3-1-10-23-15/h1,3-5,10-11H,2,6-9,12H2. The first-order valence-electron chi connectivity index (χ1n) is 8.24. The molecule has 1 fully saturated rings. The monoisotopic (exact) mass is 342 g/mol. The molecule has 0 unspecified atom stereocenters. The minimum atomic E-state index is -0.137. The number of ether oxygens (including phenoxy) is 2. The highest BCUT2D eigenvalue weighted by molar-refractivity contribution is 5.95. The number of carbonyl (C=O) groups is 2. The Balaban J connectivity index is 1.44. The predicted octanol–water partition coefficient (Wildman–Crippen LogP) is 2.00. The van der Waals surface area contributed by atoms with Crippen LogP contribution in [-0.2, 0) is 0 Å². The van der Waals surface area contributed by atoms with E-state index in [-0.39, 0.29) is 18.6 Å². The molecule has 0 bridgehead atoms. The molecule has 0 N–H and O–H groups in total. The molecule has 7 nitrogen and oxygen atoms in total. The zero-order valence-electron chi connectivity index (χ0n) is 13.6. The molecule has 2 aromatic rings. The molecule has 1 saturated heterocycles. The van der Waals surface area contributed by atoms with Crippen molar-refractivity contribution in [1.29, 1.82) is 0 Å². The van der Waals surface area contributed by atoms with Crippen molar-refractivity contribution < 1.29 is 23.5 Å². The second kappa shape index (κ2) is 6.51.